The number of hydrogen-bond donors (Lipinski definition) is 2. The molecule has 20 heavy (non-hydrogen) atoms. The molecule has 2 aromatic rings. The van der Waals surface area contributed by atoms with E-state index in [2.05, 4.69) is 4.72 Å². The Hall–Kier alpha value is -1.64. The van der Waals surface area contributed by atoms with Crippen LogP contribution in [0.2, 0.25) is 0 Å². The van der Waals surface area contributed by atoms with E-state index >= 15 is 0 Å². The van der Waals surface area contributed by atoms with Crippen LogP contribution in [-0.4, -0.2) is 20.6 Å². The summed E-state index contributed by atoms with van der Waals surface area (Å²) in [6.45, 7) is -0.370. The average Bonchev–Trinajstić information content (AvgIpc) is 2.87. The van der Waals surface area contributed by atoms with Gasteiger partial charge in [-0.3, -0.25) is 4.72 Å². The number of ether oxygens (including phenoxy) is 1. The second kappa shape index (κ2) is 5.78. The van der Waals surface area contributed by atoms with Crippen molar-refractivity contribution < 1.29 is 22.7 Å². The third-order valence-electron chi connectivity index (χ3n) is 2.54. The molecule has 5 nitrogen and oxygen atoms in total. The lowest BCUT2D eigenvalue weighted by molar-refractivity contribution is 0.282. The molecule has 0 unspecified atom stereocenters. The second-order valence-corrected chi connectivity index (χ2v) is 6.47. The summed E-state index contributed by atoms with van der Waals surface area (Å²) in [5.74, 6) is -0.639. The molecular weight excluding hydrogens is 305 g/mol. The number of hydrogen-bond acceptors (Lipinski definition) is 5. The summed E-state index contributed by atoms with van der Waals surface area (Å²) in [4.78, 5) is 0.313. The van der Waals surface area contributed by atoms with E-state index in [4.69, 9.17) is 9.84 Å². The van der Waals surface area contributed by atoms with Gasteiger partial charge in [0.15, 0.2) is 11.6 Å². The number of halogens is 1. The standard InChI is InChI=1S/C12H12FNO4S2/c1-18-10-3-2-8(6-9(10)13)14-20(16,17)12-4-5-19-11(12)7-15/h2-6,14-15H,7H2,1H3. The van der Waals surface area contributed by atoms with Gasteiger partial charge in [0.2, 0.25) is 0 Å². The van der Waals surface area contributed by atoms with Gasteiger partial charge in [0.05, 0.1) is 24.3 Å². The molecule has 0 aliphatic heterocycles. The number of benzene rings is 1. The molecule has 2 rings (SSSR count). The van der Waals surface area contributed by atoms with Crippen molar-refractivity contribution in [1.29, 1.82) is 0 Å². The lowest BCUT2D eigenvalue weighted by atomic mass is 10.3. The van der Waals surface area contributed by atoms with Crippen LogP contribution in [0.3, 0.4) is 0 Å². The van der Waals surface area contributed by atoms with Crippen molar-refractivity contribution in [2.45, 2.75) is 11.5 Å². The predicted molar refractivity (Wildman–Crippen MR) is 74.0 cm³/mol. The number of sulfonamides is 1. The summed E-state index contributed by atoms with van der Waals surface area (Å²) < 4.78 is 44.8. The van der Waals surface area contributed by atoms with Crippen LogP contribution >= 0.6 is 11.3 Å². The zero-order chi connectivity index (χ0) is 14.8. The molecule has 2 N–H and O–H groups in total. The number of aliphatic hydroxyl groups excluding tert-OH is 1. The van der Waals surface area contributed by atoms with Crippen molar-refractivity contribution >= 4 is 27.0 Å². The number of thiophene rings is 1. The lowest BCUT2D eigenvalue weighted by Crippen LogP contribution is -2.14. The van der Waals surface area contributed by atoms with Crippen molar-refractivity contribution in [2.24, 2.45) is 0 Å². The molecule has 8 heteroatoms. The maximum Gasteiger partial charge on any atom is 0.263 e. The fraction of sp³-hybridized carbons (Fsp3) is 0.167. The molecule has 0 atom stereocenters. The van der Waals surface area contributed by atoms with E-state index in [-0.39, 0.29) is 22.9 Å². The minimum Gasteiger partial charge on any atom is -0.494 e. The van der Waals surface area contributed by atoms with Crippen molar-refractivity contribution in [2.75, 3.05) is 11.8 Å². The molecule has 0 saturated heterocycles. The second-order valence-electron chi connectivity index (χ2n) is 3.82. The molecule has 0 aliphatic carbocycles. The first-order valence-corrected chi connectivity index (χ1v) is 7.88. The number of anilines is 1. The summed E-state index contributed by atoms with van der Waals surface area (Å²) in [6, 6.07) is 5.14. The molecule has 108 valence electrons. The number of rotatable bonds is 5. The van der Waals surface area contributed by atoms with Crippen LogP contribution in [0.25, 0.3) is 0 Å². The van der Waals surface area contributed by atoms with Gasteiger partial charge in [-0.2, -0.15) is 0 Å². The van der Waals surface area contributed by atoms with Crippen LogP contribution in [0.4, 0.5) is 10.1 Å². The molecule has 1 heterocycles. The van der Waals surface area contributed by atoms with E-state index < -0.39 is 15.8 Å². The van der Waals surface area contributed by atoms with Crippen molar-refractivity contribution in [1.82, 2.24) is 0 Å². The highest BCUT2D eigenvalue weighted by Crippen LogP contribution is 2.26. The normalized spacial score (nSPS) is 11.3. The smallest absolute Gasteiger partial charge is 0.263 e. The van der Waals surface area contributed by atoms with Crippen molar-refractivity contribution in [3.63, 3.8) is 0 Å². The molecular formula is C12H12FNO4S2. The Labute approximate surface area is 119 Å². The minimum absolute atomic E-state index is 0.0128. The van der Waals surface area contributed by atoms with Crippen LogP contribution in [0.1, 0.15) is 4.88 Å². The quantitative estimate of drug-likeness (QED) is 0.886. The first-order valence-electron chi connectivity index (χ1n) is 5.51. The average molecular weight is 317 g/mol. The van der Waals surface area contributed by atoms with E-state index in [0.29, 0.717) is 4.88 Å². The van der Waals surface area contributed by atoms with Crippen LogP contribution in [-0.2, 0) is 16.6 Å². The fourth-order valence-corrected chi connectivity index (χ4v) is 3.97. The first-order chi connectivity index (χ1) is 9.47. The summed E-state index contributed by atoms with van der Waals surface area (Å²) >= 11 is 1.13. The maximum atomic E-state index is 13.5. The highest BCUT2D eigenvalue weighted by atomic mass is 32.2. The monoisotopic (exact) mass is 317 g/mol. The van der Waals surface area contributed by atoms with E-state index in [9.17, 15) is 12.8 Å². The predicted octanol–water partition coefficient (Wildman–Crippen LogP) is 2.19. The first kappa shape index (κ1) is 14.8. The molecule has 1 aromatic heterocycles. The van der Waals surface area contributed by atoms with Gasteiger partial charge < -0.3 is 9.84 Å². The van der Waals surface area contributed by atoms with Gasteiger partial charge in [-0.25, -0.2) is 12.8 Å². The van der Waals surface area contributed by atoms with E-state index in [1.54, 1.807) is 5.38 Å². The van der Waals surface area contributed by atoms with Crippen LogP contribution in [0.15, 0.2) is 34.5 Å². The number of methoxy groups -OCH3 is 1. The molecule has 0 bridgehead atoms. The summed E-state index contributed by atoms with van der Waals surface area (Å²) in [5.41, 5.74) is 0.0818. The molecule has 0 amide bonds. The van der Waals surface area contributed by atoms with Gasteiger partial charge in [-0.05, 0) is 23.6 Å². The Bertz CT molecular complexity index is 712. The van der Waals surface area contributed by atoms with Crippen LogP contribution in [0, 0.1) is 5.82 Å². The molecule has 0 aliphatic rings. The Balaban J connectivity index is 2.31. The summed E-state index contributed by atoms with van der Waals surface area (Å²) in [6.07, 6.45) is 0. The van der Waals surface area contributed by atoms with Gasteiger partial charge in [0.1, 0.15) is 4.90 Å². The highest BCUT2D eigenvalue weighted by molar-refractivity contribution is 7.93. The zero-order valence-electron chi connectivity index (χ0n) is 10.5. The van der Waals surface area contributed by atoms with Gasteiger partial charge in [0, 0.05) is 6.07 Å². The SMILES string of the molecule is COc1ccc(NS(=O)(=O)c2ccsc2CO)cc1F. The Morgan fingerprint density at radius 2 is 2.15 bits per heavy atom. The molecule has 0 fully saturated rings. The highest BCUT2D eigenvalue weighted by Gasteiger charge is 2.20. The number of aliphatic hydroxyl groups is 1. The number of nitrogens with one attached hydrogen (secondary N) is 1. The molecule has 0 saturated carbocycles. The van der Waals surface area contributed by atoms with E-state index in [0.717, 1.165) is 17.4 Å². The van der Waals surface area contributed by atoms with Crippen LogP contribution in [0.5, 0.6) is 5.75 Å². The minimum atomic E-state index is -3.86. The van der Waals surface area contributed by atoms with E-state index in [1.165, 1.54) is 25.3 Å². The van der Waals surface area contributed by atoms with Gasteiger partial charge in [0.25, 0.3) is 10.0 Å². The lowest BCUT2D eigenvalue weighted by Gasteiger charge is -2.09. The van der Waals surface area contributed by atoms with E-state index in [1.807, 2.05) is 0 Å². The molecule has 0 radical (unpaired) electrons. The van der Waals surface area contributed by atoms with Crippen LogP contribution < -0.4 is 9.46 Å². The summed E-state index contributed by atoms with van der Waals surface area (Å²) in [5, 5.41) is 10.7. The summed E-state index contributed by atoms with van der Waals surface area (Å²) in [7, 11) is -2.54. The molecule has 1 aromatic carbocycles. The maximum absolute atomic E-state index is 13.5. The van der Waals surface area contributed by atoms with Crippen molar-refractivity contribution in [3.8, 4) is 5.75 Å². The fourth-order valence-electron chi connectivity index (χ4n) is 1.62. The van der Waals surface area contributed by atoms with Gasteiger partial charge in [-0.15, -0.1) is 11.3 Å². The Morgan fingerprint density at radius 1 is 1.40 bits per heavy atom. The Kier molecular flexibility index (Phi) is 4.26. The third-order valence-corrected chi connectivity index (χ3v) is 5.04. The largest absolute Gasteiger partial charge is 0.494 e. The molecule has 0 spiro atoms. The zero-order valence-corrected chi connectivity index (χ0v) is 12.1. The van der Waals surface area contributed by atoms with Gasteiger partial charge in [-0.1, -0.05) is 0 Å². The third kappa shape index (κ3) is 2.92. The topological polar surface area (TPSA) is 75.6 Å². The van der Waals surface area contributed by atoms with Crippen molar-refractivity contribution in [3.05, 3.63) is 40.3 Å². The Morgan fingerprint density at radius 3 is 2.75 bits per heavy atom. The van der Waals surface area contributed by atoms with Gasteiger partial charge >= 0.3 is 0 Å².